The number of hydrogen-bond acceptors (Lipinski definition) is 2. The van der Waals surface area contributed by atoms with Crippen LogP contribution in [0, 0.1) is 11.8 Å². The fourth-order valence-corrected chi connectivity index (χ4v) is 5.04. The van der Waals surface area contributed by atoms with Crippen molar-refractivity contribution in [2.75, 3.05) is 26.2 Å². The van der Waals surface area contributed by atoms with Crippen LogP contribution in [0.25, 0.3) is 0 Å². The third-order valence-electron chi connectivity index (χ3n) is 6.25. The molecule has 0 amide bonds. The molecule has 5 heteroatoms. The van der Waals surface area contributed by atoms with E-state index in [1.54, 1.807) is 11.1 Å². The molecule has 4 rings (SSSR count). The molecule has 156 valence electrons. The van der Waals surface area contributed by atoms with E-state index in [0.29, 0.717) is 6.10 Å². The summed E-state index contributed by atoms with van der Waals surface area (Å²) < 4.78 is 6.17. The number of hydrogen-bond donors (Lipinski definition) is 1. The molecule has 0 spiro atoms. The average Bonchev–Trinajstić information content (AvgIpc) is 3.16. The molecule has 0 aromatic heterocycles. The highest BCUT2D eigenvalue weighted by molar-refractivity contribution is 14.0. The van der Waals surface area contributed by atoms with Crippen LogP contribution >= 0.6 is 24.0 Å². The zero-order valence-corrected chi connectivity index (χ0v) is 20.1. The first-order valence-electron chi connectivity index (χ1n) is 10.7. The zero-order chi connectivity index (χ0) is 19.0. The molecule has 28 heavy (non-hydrogen) atoms. The van der Waals surface area contributed by atoms with Gasteiger partial charge in [0.15, 0.2) is 5.96 Å². The molecule has 2 fully saturated rings. The lowest BCUT2D eigenvalue weighted by Gasteiger charge is -2.37. The van der Waals surface area contributed by atoms with Gasteiger partial charge in [-0.2, -0.15) is 0 Å². The predicted octanol–water partition coefficient (Wildman–Crippen LogP) is 4.44. The summed E-state index contributed by atoms with van der Waals surface area (Å²) in [7, 11) is 0. The van der Waals surface area contributed by atoms with E-state index in [1.165, 1.54) is 6.42 Å². The fraction of sp³-hybridized carbons (Fsp3) is 0.696. The molecule has 1 aromatic rings. The topological polar surface area (TPSA) is 36.9 Å². The number of rotatable bonds is 4. The SMILES string of the molecule is CCNC(=NCC1C2Cc3ccccc3C12)N1CCC(OC(C)(C)C)CC1.I. The molecule has 1 heterocycles. The predicted molar refractivity (Wildman–Crippen MR) is 127 cm³/mol. The molecule has 0 radical (unpaired) electrons. The molecule has 1 aromatic carbocycles. The summed E-state index contributed by atoms with van der Waals surface area (Å²) in [5, 5.41) is 3.52. The van der Waals surface area contributed by atoms with Gasteiger partial charge < -0.3 is 15.0 Å². The van der Waals surface area contributed by atoms with Gasteiger partial charge in [0, 0.05) is 26.2 Å². The van der Waals surface area contributed by atoms with E-state index < -0.39 is 0 Å². The van der Waals surface area contributed by atoms with Gasteiger partial charge in [0.05, 0.1) is 11.7 Å². The van der Waals surface area contributed by atoms with E-state index in [9.17, 15) is 0 Å². The van der Waals surface area contributed by atoms with Gasteiger partial charge in [-0.15, -0.1) is 24.0 Å². The van der Waals surface area contributed by atoms with Crippen LogP contribution in [0.5, 0.6) is 0 Å². The van der Waals surface area contributed by atoms with Crippen molar-refractivity contribution >= 4 is 29.9 Å². The number of aliphatic imine (C=N–C) groups is 1. The van der Waals surface area contributed by atoms with Gasteiger partial charge in [0.1, 0.15) is 0 Å². The van der Waals surface area contributed by atoms with Crippen LogP contribution in [0.1, 0.15) is 57.6 Å². The number of ether oxygens (including phenoxy) is 1. The number of piperidine rings is 1. The maximum absolute atomic E-state index is 6.17. The summed E-state index contributed by atoms with van der Waals surface area (Å²) in [6.45, 7) is 12.6. The smallest absolute Gasteiger partial charge is 0.193 e. The van der Waals surface area contributed by atoms with Crippen molar-refractivity contribution < 1.29 is 4.74 Å². The van der Waals surface area contributed by atoms with Gasteiger partial charge in [-0.3, -0.25) is 4.99 Å². The third kappa shape index (κ3) is 4.84. The second-order valence-electron chi connectivity index (χ2n) is 9.37. The first kappa shape index (κ1) is 21.9. The normalized spacial score (nSPS) is 27.1. The van der Waals surface area contributed by atoms with Gasteiger partial charge in [0.2, 0.25) is 0 Å². The molecule has 1 N–H and O–H groups in total. The minimum absolute atomic E-state index is 0. The van der Waals surface area contributed by atoms with Gasteiger partial charge >= 0.3 is 0 Å². The lowest BCUT2D eigenvalue weighted by atomic mass is 10.0. The van der Waals surface area contributed by atoms with Crippen molar-refractivity contribution in [3.05, 3.63) is 35.4 Å². The number of nitrogens with zero attached hydrogens (tertiary/aromatic N) is 2. The van der Waals surface area contributed by atoms with Crippen LogP contribution in [0.4, 0.5) is 0 Å². The largest absolute Gasteiger partial charge is 0.372 e. The van der Waals surface area contributed by atoms with Crippen LogP contribution in [-0.4, -0.2) is 48.7 Å². The summed E-state index contributed by atoms with van der Waals surface area (Å²) in [5.41, 5.74) is 3.11. The van der Waals surface area contributed by atoms with Crippen LogP contribution in [0.15, 0.2) is 29.3 Å². The first-order valence-corrected chi connectivity index (χ1v) is 10.7. The number of guanidine groups is 1. The summed E-state index contributed by atoms with van der Waals surface area (Å²) in [6, 6.07) is 8.99. The quantitative estimate of drug-likeness (QED) is 0.380. The Morgan fingerprint density at radius 2 is 1.93 bits per heavy atom. The third-order valence-corrected chi connectivity index (χ3v) is 6.25. The summed E-state index contributed by atoms with van der Waals surface area (Å²) in [6.07, 6.45) is 3.81. The number of benzene rings is 1. The highest BCUT2D eigenvalue weighted by atomic mass is 127. The second-order valence-corrected chi connectivity index (χ2v) is 9.37. The Labute approximate surface area is 187 Å². The molecule has 1 aliphatic heterocycles. The fourth-order valence-electron chi connectivity index (χ4n) is 5.04. The van der Waals surface area contributed by atoms with Crippen LogP contribution in [-0.2, 0) is 11.2 Å². The van der Waals surface area contributed by atoms with E-state index in [4.69, 9.17) is 9.73 Å². The van der Waals surface area contributed by atoms with E-state index in [1.807, 2.05) is 0 Å². The van der Waals surface area contributed by atoms with Crippen LogP contribution in [0.2, 0.25) is 0 Å². The summed E-state index contributed by atoms with van der Waals surface area (Å²) in [4.78, 5) is 7.47. The molecule has 3 aliphatic rings. The Morgan fingerprint density at radius 1 is 1.21 bits per heavy atom. The summed E-state index contributed by atoms with van der Waals surface area (Å²) >= 11 is 0. The molecule has 3 unspecified atom stereocenters. The lowest BCUT2D eigenvalue weighted by molar-refractivity contribution is -0.0772. The standard InChI is InChI=1S/C23H35N3O.HI/c1-5-24-22(26-12-10-17(11-13-26)27-23(2,3)4)25-15-20-19-14-16-8-6-7-9-18(16)21(19)20;/h6-9,17,19-21H,5,10-15H2,1-4H3,(H,24,25);1H. The Morgan fingerprint density at radius 3 is 2.61 bits per heavy atom. The first-order chi connectivity index (χ1) is 13.0. The molecule has 2 aliphatic carbocycles. The lowest BCUT2D eigenvalue weighted by Crippen LogP contribution is -2.48. The Hall–Kier alpha value is -0.820. The maximum atomic E-state index is 6.17. The van der Waals surface area contributed by atoms with Crippen molar-refractivity contribution in [2.24, 2.45) is 16.8 Å². The van der Waals surface area contributed by atoms with Gasteiger partial charge in [-0.1, -0.05) is 24.3 Å². The molecule has 1 saturated carbocycles. The van der Waals surface area contributed by atoms with Crippen molar-refractivity contribution in [3.8, 4) is 0 Å². The van der Waals surface area contributed by atoms with Gasteiger partial charge in [-0.05, 0) is 75.8 Å². The molecular formula is C23H36IN3O. The number of likely N-dealkylation sites (tertiary alicyclic amines) is 1. The van der Waals surface area contributed by atoms with Crippen molar-refractivity contribution in [2.45, 2.75) is 64.6 Å². The van der Waals surface area contributed by atoms with Crippen molar-refractivity contribution in [1.82, 2.24) is 10.2 Å². The molecule has 4 nitrogen and oxygen atoms in total. The van der Waals surface area contributed by atoms with Crippen molar-refractivity contribution in [3.63, 3.8) is 0 Å². The number of halogens is 1. The molecular weight excluding hydrogens is 461 g/mol. The number of fused-ring (bicyclic) bond motifs is 3. The van der Waals surface area contributed by atoms with Gasteiger partial charge in [-0.25, -0.2) is 0 Å². The number of nitrogens with one attached hydrogen (secondary N) is 1. The van der Waals surface area contributed by atoms with Crippen LogP contribution in [0.3, 0.4) is 0 Å². The molecule has 0 bridgehead atoms. The van der Waals surface area contributed by atoms with Crippen molar-refractivity contribution in [1.29, 1.82) is 0 Å². The monoisotopic (exact) mass is 497 g/mol. The van der Waals surface area contributed by atoms with E-state index in [2.05, 4.69) is 62.2 Å². The maximum Gasteiger partial charge on any atom is 0.193 e. The minimum Gasteiger partial charge on any atom is -0.372 e. The van der Waals surface area contributed by atoms with E-state index in [0.717, 1.165) is 62.7 Å². The molecule has 1 saturated heterocycles. The molecule has 3 atom stereocenters. The van der Waals surface area contributed by atoms with E-state index in [-0.39, 0.29) is 29.6 Å². The zero-order valence-electron chi connectivity index (χ0n) is 17.8. The van der Waals surface area contributed by atoms with Gasteiger partial charge in [0.25, 0.3) is 0 Å². The highest BCUT2D eigenvalue weighted by Crippen LogP contribution is 2.61. The minimum atomic E-state index is -0.0501. The Bertz CT molecular complexity index is 691. The Balaban J connectivity index is 0.00000225. The summed E-state index contributed by atoms with van der Waals surface area (Å²) in [5.74, 6) is 3.44. The highest BCUT2D eigenvalue weighted by Gasteiger charge is 2.55. The van der Waals surface area contributed by atoms with Crippen LogP contribution < -0.4 is 5.32 Å². The second kappa shape index (κ2) is 8.90. The Kier molecular flexibility index (Phi) is 6.96. The average molecular weight is 497 g/mol. The van der Waals surface area contributed by atoms with E-state index >= 15 is 0 Å².